The van der Waals surface area contributed by atoms with Crippen LogP contribution in [0, 0.1) is 0 Å². The van der Waals surface area contributed by atoms with E-state index in [1.165, 1.54) is 0 Å². The number of allylic oxidation sites excluding steroid dienone is 1. The average Bonchev–Trinajstić information content (AvgIpc) is 1.87. The Morgan fingerprint density at radius 2 is 2.33 bits per heavy atom. The van der Waals surface area contributed by atoms with Crippen LogP contribution < -0.4 is 5.32 Å². The maximum absolute atomic E-state index is 10.6. The van der Waals surface area contributed by atoms with Gasteiger partial charge in [0.1, 0.15) is 6.73 Å². The third kappa shape index (κ3) is 2.87. The van der Waals surface area contributed by atoms with Gasteiger partial charge in [-0.25, -0.2) is 0 Å². The summed E-state index contributed by atoms with van der Waals surface area (Å²) in [7, 11) is 0. The van der Waals surface area contributed by atoms with Crippen LogP contribution in [0.15, 0.2) is 11.6 Å². The van der Waals surface area contributed by atoms with Gasteiger partial charge in [0, 0.05) is 5.57 Å². The molecule has 3 heteroatoms. The molecule has 9 heavy (non-hydrogen) atoms. The van der Waals surface area contributed by atoms with E-state index in [2.05, 4.69) is 5.32 Å². The van der Waals surface area contributed by atoms with E-state index in [1.807, 2.05) is 0 Å². The summed E-state index contributed by atoms with van der Waals surface area (Å²) in [5, 5.41) is 10.5. The van der Waals surface area contributed by atoms with Gasteiger partial charge in [0.25, 0.3) is 0 Å². The molecule has 0 aliphatic heterocycles. The summed E-state index contributed by atoms with van der Waals surface area (Å²) in [5.74, 6) is -0.222. The third-order valence-corrected chi connectivity index (χ3v) is 1.03. The molecule has 0 atom stereocenters. The Kier molecular flexibility index (Phi) is 3.71. The Morgan fingerprint density at radius 1 is 1.78 bits per heavy atom. The molecule has 0 aromatic heterocycles. The average molecular weight is 129 g/mol. The van der Waals surface area contributed by atoms with Crippen LogP contribution >= 0.6 is 0 Å². The van der Waals surface area contributed by atoms with E-state index in [-0.39, 0.29) is 12.6 Å². The van der Waals surface area contributed by atoms with E-state index < -0.39 is 0 Å². The molecule has 0 spiro atoms. The van der Waals surface area contributed by atoms with Gasteiger partial charge >= 0.3 is 0 Å². The smallest absolute Gasteiger partial charge is 0.248 e. The highest BCUT2D eigenvalue weighted by Gasteiger charge is 1.98. The normalized spacial score (nSPS) is 11.2. The van der Waals surface area contributed by atoms with Gasteiger partial charge < -0.3 is 10.4 Å². The highest BCUT2D eigenvalue weighted by atomic mass is 16.3. The van der Waals surface area contributed by atoms with Crippen molar-refractivity contribution < 1.29 is 9.90 Å². The molecule has 2 N–H and O–H groups in total. The molecule has 0 fully saturated rings. The maximum atomic E-state index is 10.6. The quantitative estimate of drug-likeness (QED) is 0.408. The number of nitrogens with one attached hydrogen (secondary N) is 1. The summed E-state index contributed by atoms with van der Waals surface area (Å²) < 4.78 is 0. The predicted molar refractivity (Wildman–Crippen MR) is 34.7 cm³/mol. The number of hydrogen-bond acceptors (Lipinski definition) is 2. The molecule has 3 nitrogen and oxygen atoms in total. The van der Waals surface area contributed by atoms with Crippen LogP contribution in [0.3, 0.4) is 0 Å². The number of aliphatic hydroxyl groups is 1. The topological polar surface area (TPSA) is 49.3 Å². The molecule has 0 rings (SSSR count). The number of hydrogen-bond donors (Lipinski definition) is 2. The molecule has 0 heterocycles. The van der Waals surface area contributed by atoms with E-state index in [9.17, 15) is 4.79 Å². The monoisotopic (exact) mass is 129 g/mol. The highest BCUT2D eigenvalue weighted by molar-refractivity contribution is 5.92. The molecule has 0 unspecified atom stereocenters. The van der Waals surface area contributed by atoms with Crippen LogP contribution in [-0.4, -0.2) is 17.7 Å². The molecular formula is C6H11NO2. The zero-order valence-electron chi connectivity index (χ0n) is 5.64. The summed E-state index contributed by atoms with van der Waals surface area (Å²) >= 11 is 0. The molecule has 0 bridgehead atoms. The summed E-state index contributed by atoms with van der Waals surface area (Å²) in [5.41, 5.74) is 0.615. The first kappa shape index (κ1) is 8.17. The zero-order chi connectivity index (χ0) is 7.28. The van der Waals surface area contributed by atoms with Crippen LogP contribution in [0.4, 0.5) is 0 Å². The van der Waals surface area contributed by atoms with Crippen LogP contribution in [0.5, 0.6) is 0 Å². The Labute approximate surface area is 54.4 Å². The fraction of sp³-hybridized carbons (Fsp3) is 0.500. The Bertz CT molecular complexity index is 129. The summed E-state index contributed by atoms with van der Waals surface area (Å²) in [6.07, 6.45) is 1.69. The molecule has 0 aliphatic carbocycles. The standard InChI is InChI=1S/C6H11NO2/c1-3-5(2)6(9)7-4-8/h3,8H,4H2,1-2H3,(H,7,9). The molecule has 0 aromatic rings. The largest absolute Gasteiger partial charge is 0.376 e. The summed E-state index contributed by atoms with van der Waals surface area (Å²) in [6, 6.07) is 0. The second kappa shape index (κ2) is 4.09. The number of rotatable bonds is 2. The number of amides is 1. The number of aliphatic hydroxyl groups excluding tert-OH is 1. The molecule has 0 radical (unpaired) electrons. The van der Waals surface area contributed by atoms with Gasteiger partial charge in [0.15, 0.2) is 0 Å². The van der Waals surface area contributed by atoms with E-state index in [1.54, 1.807) is 19.9 Å². The number of carbonyl (C=O) groups is 1. The molecule has 52 valence electrons. The Hall–Kier alpha value is -0.830. The molecule has 1 amide bonds. The van der Waals surface area contributed by atoms with Crippen LogP contribution in [-0.2, 0) is 4.79 Å². The van der Waals surface area contributed by atoms with E-state index >= 15 is 0 Å². The predicted octanol–water partition coefficient (Wildman–Crippen LogP) is 0.0186. The first-order valence-corrected chi connectivity index (χ1v) is 2.74. The molecule has 0 aliphatic rings. The van der Waals surface area contributed by atoms with Crippen LogP contribution in [0.1, 0.15) is 13.8 Å². The van der Waals surface area contributed by atoms with Crippen molar-refractivity contribution in [2.24, 2.45) is 0 Å². The maximum Gasteiger partial charge on any atom is 0.248 e. The van der Waals surface area contributed by atoms with Gasteiger partial charge in [-0.15, -0.1) is 0 Å². The minimum absolute atomic E-state index is 0.222. The van der Waals surface area contributed by atoms with Gasteiger partial charge in [0.05, 0.1) is 0 Å². The van der Waals surface area contributed by atoms with Gasteiger partial charge in [-0.1, -0.05) is 6.08 Å². The second-order valence-electron chi connectivity index (χ2n) is 1.64. The van der Waals surface area contributed by atoms with E-state index in [0.29, 0.717) is 5.57 Å². The third-order valence-electron chi connectivity index (χ3n) is 1.03. The van der Waals surface area contributed by atoms with Crippen molar-refractivity contribution in [2.45, 2.75) is 13.8 Å². The van der Waals surface area contributed by atoms with Crippen molar-refractivity contribution in [1.29, 1.82) is 0 Å². The first-order valence-electron chi connectivity index (χ1n) is 2.74. The van der Waals surface area contributed by atoms with Gasteiger partial charge in [-0.3, -0.25) is 4.79 Å². The van der Waals surface area contributed by atoms with Crippen molar-refractivity contribution in [1.82, 2.24) is 5.32 Å². The molecule has 0 aromatic carbocycles. The SMILES string of the molecule is CC=C(C)C(=O)NCO. The lowest BCUT2D eigenvalue weighted by Crippen LogP contribution is -2.24. The summed E-state index contributed by atoms with van der Waals surface area (Å²) in [4.78, 5) is 10.6. The fourth-order valence-corrected chi connectivity index (χ4v) is 0.342. The van der Waals surface area contributed by atoms with Crippen molar-refractivity contribution in [2.75, 3.05) is 6.73 Å². The van der Waals surface area contributed by atoms with E-state index in [4.69, 9.17) is 5.11 Å². The summed E-state index contributed by atoms with van der Waals surface area (Å²) in [6.45, 7) is 3.15. The van der Waals surface area contributed by atoms with Crippen LogP contribution in [0.25, 0.3) is 0 Å². The lowest BCUT2D eigenvalue weighted by Gasteiger charge is -1.98. The first-order chi connectivity index (χ1) is 4.22. The fourth-order valence-electron chi connectivity index (χ4n) is 0.342. The van der Waals surface area contributed by atoms with Crippen molar-refractivity contribution in [3.63, 3.8) is 0 Å². The van der Waals surface area contributed by atoms with Crippen molar-refractivity contribution >= 4 is 5.91 Å². The van der Waals surface area contributed by atoms with Gasteiger partial charge in [-0.05, 0) is 13.8 Å². The van der Waals surface area contributed by atoms with Crippen molar-refractivity contribution in [3.8, 4) is 0 Å². The Balaban J connectivity index is 3.74. The molecular weight excluding hydrogens is 118 g/mol. The Morgan fingerprint density at radius 3 is 2.67 bits per heavy atom. The molecule has 0 saturated heterocycles. The molecule has 0 saturated carbocycles. The minimum atomic E-state index is -0.302. The van der Waals surface area contributed by atoms with Crippen LogP contribution in [0.2, 0.25) is 0 Å². The van der Waals surface area contributed by atoms with Gasteiger partial charge in [0.2, 0.25) is 5.91 Å². The highest BCUT2D eigenvalue weighted by Crippen LogP contribution is 1.88. The lowest BCUT2D eigenvalue weighted by molar-refractivity contribution is -0.118. The van der Waals surface area contributed by atoms with E-state index in [0.717, 1.165) is 0 Å². The second-order valence-corrected chi connectivity index (χ2v) is 1.64. The number of carbonyl (C=O) groups excluding carboxylic acids is 1. The minimum Gasteiger partial charge on any atom is -0.376 e. The lowest BCUT2D eigenvalue weighted by atomic mass is 10.3. The zero-order valence-corrected chi connectivity index (χ0v) is 5.64. The van der Waals surface area contributed by atoms with Crippen molar-refractivity contribution in [3.05, 3.63) is 11.6 Å². The van der Waals surface area contributed by atoms with Gasteiger partial charge in [-0.2, -0.15) is 0 Å².